The third-order valence-corrected chi connectivity index (χ3v) is 3.81. The summed E-state index contributed by atoms with van der Waals surface area (Å²) in [5, 5.41) is 3.65. The van der Waals surface area contributed by atoms with E-state index in [0.717, 1.165) is 18.0 Å². The molecule has 3 heteroatoms. The first-order chi connectivity index (χ1) is 8.92. The zero-order chi connectivity index (χ0) is 12.2. The van der Waals surface area contributed by atoms with Crippen LogP contribution in [0.1, 0.15) is 37.7 Å². The van der Waals surface area contributed by atoms with Gasteiger partial charge >= 0.3 is 0 Å². The summed E-state index contributed by atoms with van der Waals surface area (Å²) in [4.78, 5) is 0. The van der Waals surface area contributed by atoms with Crippen LogP contribution in [0.15, 0.2) is 18.2 Å². The molecule has 1 fully saturated rings. The van der Waals surface area contributed by atoms with E-state index in [4.69, 9.17) is 9.47 Å². The molecule has 1 saturated carbocycles. The molecular weight excluding hydrogens is 226 g/mol. The van der Waals surface area contributed by atoms with E-state index in [1.165, 1.54) is 37.7 Å². The molecule has 0 radical (unpaired) electrons. The minimum atomic E-state index is 0.659. The van der Waals surface area contributed by atoms with Gasteiger partial charge in [0, 0.05) is 12.6 Å². The SMILES string of the molecule is c1cc2c(cc1CNC1CCCCC1)OCCO2. The third-order valence-electron chi connectivity index (χ3n) is 3.81. The molecule has 3 nitrogen and oxygen atoms in total. The Labute approximate surface area is 108 Å². The minimum absolute atomic E-state index is 0.659. The van der Waals surface area contributed by atoms with Crippen LogP contribution in [0.5, 0.6) is 11.5 Å². The normalized spacial score (nSPS) is 19.8. The molecular formula is C15H21NO2. The molecule has 0 bridgehead atoms. The van der Waals surface area contributed by atoms with Crippen LogP contribution in [0, 0.1) is 0 Å². The van der Waals surface area contributed by atoms with Crippen molar-refractivity contribution in [1.82, 2.24) is 5.32 Å². The van der Waals surface area contributed by atoms with Crippen molar-refractivity contribution in [3.05, 3.63) is 23.8 Å². The number of nitrogens with one attached hydrogen (secondary N) is 1. The Morgan fingerprint density at radius 3 is 2.61 bits per heavy atom. The molecule has 1 heterocycles. The van der Waals surface area contributed by atoms with Gasteiger partial charge in [0.2, 0.25) is 0 Å². The molecule has 1 N–H and O–H groups in total. The van der Waals surface area contributed by atoms with E-state index in [1.54, 1.807) is 0 Å². The lowest BCUT2D eigenvalue weighted by molar-refractivity contribution is 0.171. The van der Waals surface area contributed by atoms with Crippen molar-refractivity contribution in [2.45, 2.75) is 44.7 Å². The van der Waals surface area contributed by atoms with Crippen LogP contribution in [-0.4, -0.2) is 19.3 Å². The van der Waals surface area contributed by atoms with Crippen LogP contribution in [0.2, 0.25) is 0 Å². The number of rotatable bonds is 3. The summed E-state index contributed by atoms with van der Waals surface area (Å²) in [6.45, 7) is 2.25. The van der Waals surface area contributed by atoms with Crippen LogP contribution in [0.3, 0.4) is 0 Å². The van der Waals surface area contributed by atoms with Gasteiger partial charge in [0.1, 0.15) is 13.2 Å². The van der Waals surface area contributed by atoms with Crippen molar-refractivity contribution < 1.29 is 9.47 Å². The molecule has 0 spiro atoms. The monoisotopic (exact) mass is 247 g/mol. The number of benzene rings is 1. The molecule has 1 aliphatic carbocycles. The fourth-order valence-electron chi connectivity index (χ4n) is 2.77. The van der Waals surface area contributed by atoms with Gasteiger partial charge in [0.15, 0.2) is 11.5 Å². The predicted octanol–water partition coefficient (Wildman–Crippen LogP) is 2.88. The van der Waals surface area contributed by atoms with Crippen molar-refractivity contribution in [3.8, 4) is 11.5 Å². The Bertz CT molecular complexity index is 399. The summed E-state index contributed by atoms with van der Waals surface area (Å²) in [7, 11) is 0. The molecule has 0 saturated heterocycles. The Morgan fingerprint density at radius 2 is 1.78 bits per heavy atom. The van der Waals surface area contributed by atoms with Crippen molar-refractivity contribution in [1.29, 1.82) is 0 Å². The highest BCUT2D eigenvalue weighted by atomic mass is 16.6. The van der Waals surface area contributed by atoms with Crippen LogP contribution < -0.4 is 14.8 Å². The van der Waals surface area contributed by atoms with Gasteiger partial charge in [-0.1, -0.05) is 25.3 Å². The molecule has 98 valence electrons. The lowest BCUT2D eigenvalue weighted by Gasteiger charge is -2.23. The molecule has 1 aromatic carbocycles. The number of fused-ring (bicyclic) bond motifs is 1. The standard InChI is InChI=1S/C15H21NO2/c1-2-4-13(5-3-1)16-11-12-6-7-14-15(10-12)18-9-8-17-14/h6-7,10,13,16H,1-5,8-9,11H2. The second kappa shape index (κ2) is 5.61. The molecule has 0 aromatic heterocycles. The summed E-state index contributed by atoms with van der Waals surface area (Å²) in [6.07, 6.45) is 6.80. The summed E-state index contributed by atoms with van der Waals surface area (Å²) in [5.74, 6) is 1.77. The van der Waals surface area contributed by atoms with Gasteiger partial charge < -0.3 is 14.8 Å². The third kappa shape index (κ3) is 2.78. The molecule has 1 aliphatic heterocycles. The Morgan fingerprint density at radius 1 is 1.00 bits per heavy atom. The van der Waals surface area contributed by atoms with Crippen molar-refractivity contribution in [2.24, 2.45) is 0 Å². The maximum atomic E-state index is 5.60. The molecule has 2 aliphatic rings. The Hall–Kier alpha value is -1.22. The van der Waals surface area contributed by atoms with Crippen molar-refractivity contribution in [3.63, 3.8) is 0 Å². The molecule has 1 aromatic rings. The number of hydrogen-bond donors (Lipinski definition) is 1. The van der Waals surface area contributed by atoms with Gasteiger partial charge in [0.05, 0.1) is 0 Å². The first-order valence-corrected chi connectivity index (χ1v) is 7.04. The van der Waals surface area contributed by atoms with Crippen LogP contribution in [-0.2, 0) is 6.54 Å². The maximum Gasteiger partial charge on any atom is 0.161 e. The highest BCUT2D eigenvalue weighted by molar-refractivity contribution is 5.43. The molecule has 3 rings (SSSR count). The summed E-state index contributed by atoms with van der Waals surface area (Å²) < 4.78 is 11.1. The van der Waals surface area contributed by atoms with E-state index < -0.39 is 0 Å². The lowest BCUT2D eigenvalue weighted by atomic mass is 9.95. The van der Waals surface area contributed by atoms with Gasteiger partial charge in [-0.05, 0) is 30.5 Å². The van der Waals surface area contributed by atoms with Crippen molar-refractivity contribution in [2.75, 3.05) is 13.2 Å². The van der Waals surface area contributed by atoms with Gasteiger partial charge in [-0.2, -0.15) is 0 Å². The zero-order valence-corrected chi connectivity index (χ0v) is 10.8. The Kier molecular flexibility index (Phi) is 3.69. The van der Waals surface area contributed by atoms with E-state index in [1.807, 2.05) is 6.07 Å². The summed E-state index contributed by atoms with van der Waals surface area (Å²) >= 11 is 0. The fraction of sp³-hybridized carbons (Fsp3) is 0.600. The summed E-state index contributed by atoms with van der Waals surface area (Å²) in [5.41, 5.74) is 1.28. The fourth-order valence-corrected chi connectivity index (χ4v) is 2.77. The largest absolute Gasteiger partial charge is 0.486 e. The quantitative estimate of drug-likeness (QED) is 0.891. The van der Waals surface area contributed by atoms with E-state index >= 15 is 0 Å². The smallest absolute Gasteiger partial charge is 0.161 e. The van der Waals surface area contributed by atoms with E-state index in [9.17, 15) is 0 Å². The van der Waals surface area contributed by atoms with E-state index in [-0.39, 0.29) is 0 Å². The van der Waals surface area contributed by atoms with Gasteiger partial charge in [0.25, 0.3) is 0 Å². The Balaban J connectivity index is 1.58. The second-order valence-corrected chi connectivity index (χ2v) is 5.19. The van der Waals surface area contributed by atoms with Gasteiger partial charge in [-0.3, -0.25) is 0 Å². The molecule has 0 amide bonds. The zero-order valence-electron chi connectivity index (χ0n) is 10.8. The van der Waals surface area contributed by atoms with Crippen LogP contribution in [0.4, 0.5) is 0 Å². The topological polar surface area (TPSA) is 30.5 Å². The highest BCUT2D eigenvalue weighted by Crippen LogP contribution is 2.30. The van der Waals surface area contributed by atoms with Gasteiger partial charge in [-0.25, -0.2) is 0 Å². The average Bonchev–Trinajstić information content (AvgIpc) is 2.46. The lowest BCUT2D eigenvalue weighted by Crippen LogP contribution is -2.30. The van der Waals surface area contributed by atoms with E-state index in [2.05, 4.69) is 17.4 Å². The molecule has 18 heavy (non-hydrogen) atoms. The second-order valence-electron chi connectivity index (χ2n) is 5.19. The first kappa shape index (κ1) is 11.8. The maximum absolute atomic E-state index is 5.60. The highest BCUT2D eigenvalue weighted by Gasteiger charge is 2.14. The van der Waals surface area contributed by atoms with E-state index in [0.29, 0.717) is 19.3 Å². The number of ether oxygens (including phenoxy) is 2. The summed E-state index contributed by atoms with van der Waals surface area (Å²) in [6, 6.07) is 6.95. The predicted molar refractivity (Wildman–Crippen MR) is 71.1 cm³/mol. The van der Waals surface area contributed by atoms with Gasteiger partial charge in [-0.15, -0.1) is 0 Å². The van der Waals surface area contributed by atoms with Crippen LogP contribution in [0.25, 0.3) is 0 Å². The number of hydrogen-bond acceptors (Lipinski definition) is 3. The first-order valence-electron chi connectivity index (χ1n) is 7.04. The molecule has 0 atom stereocenters. The van der Waals surface area contributed by atoms with Crippen molar-refractivity contribution >= 4 is 0 Å². The minimum Gasteiger partial charge on any atom is -0.486 e. The molecule has 0 unspecified atom stereocenters. The van der Waals surface area contributed by atoms with Crippen LogP contribution >= 0.6 is 0 Å². The average molecular weight is 247 g/mol.